The van der Waals surface area contributed by atoms with Crippen LogP contribution in [0.2, 0.25) is 0 Å². The van der Waals surface area contributed by atoms with E-state index in [0.29, 0.717) is 0 Å². The summed E-state index contributed by atoms with van der Waals surface area (Å²) < 4.78 is 0.955. The fourth-order valence-corrected chi connectivity index (χ4v) is 2.44. The maximum Gasteiger partial charge on any atom is 0.325 e. The standard InChI is InChI=1S/C9H10BrNO3S/c1-5(9(13)14)11-8(12)4-6-2-3-7(10)15-6/h2-3,5H,4H2,1H3,(H,11,12)(H,13,14)/t5-/m1/s1. The zero-order valence-corrected chi connectivity index (χ0v) is 10.4. The second-order valence-electron chi connectivity index (χ2n) is 3.01. The van der Waals surface area contributed by atoms with E-state index in [1.807, 2.05) is 12.1 Å². The highest BCUT2D eigenvalue weighted by atomic mass is 79.9. The van der Waals surface area contributed by atoms with E-state index in [0.717, 1.165) is 8.66 Å². The van der Waals surface area contributed by atoms with Crippen molar-refractivity contribution in [3.63, 3.8) is 0 Å². The molecule has 0 aromatic carbocycles. The fourth-order valence-electron chi connectivity index (χ4n) is 0.959. The summed E-state index contributed by atoms with van der Waals surface area (Å²) in [5.41, 5.74) is 0. The van der Waals surface area contributed by atoms with E-state index in [-0.39, 0.29) is 12.3 Å². The van der Waals surface area contributed by atoms with E-state index in [4.69, 9.17) is 5.11 Å². The van der Waals surface area contributed by atoms with Gasteiger partial charge in [0.2, 0.25) is 5.91 Å². The molecule has 1 amide bonds. The van der Waals surface area contributed by atoms with Crippen molar-refractivity contribution < 1.29 is 14.7 Å². The first-order valence-electron chi connectivity index (χ1n) is 4.25. The van der Waals surface area contributed by atoms with Crippen LogP contribution in [0.25, 0.3) is 0 Å². The lowest BCUT2D eigenvalue weighted by molar-refractivity contribution is -0.141. The van der Waals surface area contributed by atoms with Crippen LogP contribution in [0, 0.1) is 0 Å². The quantitative estimate of drug-likeness (QED) is 0.886. The van der Waals surface area contributed by atoms with Gasteiger partial charge in [0, 0.05) is 4.88 Å². The van der Waals surface area contributed by atoms with Crippen LogP contribution in [-0.2, 0) is 16.0 Å². The van der Waals surface area contributed by atoms with Crippen molar-refractivity contribution in [2.24, 2.45) is 0 Å². The third-order valence-corrected chi connectivity index (χ3v) is 3.34. The monoisotopic (exact) mass is 291 g/mol. The van der Waals surface area contributed by atoms with E-state index in [9.17, 15) is 9.59 Å². The number of thiophene rings is 1. The van der Waals surface area contributed by atoms with Gasteiger partial charge in [-0.3, -0.25) is 9.59 Å². The van der Waals surface area contributed by atoms with Crippen LogP contribution in [0.15, 0.2) is 15.9 Å². The highest BCUT2D eigenvalue weighted by molar-refractivity contribution is 9.11. The Balaban J connectivity index is 2.46. The number of carboxylic acids is 1. The third-order valence-electron chi connectivity index (χ3n) is 1.71. The molecular formula is C9H10BrNO3S. The Kier molecular flexibility index (Phi) is 4.28. The van der Waals surface area contributed by atoms with Gasteiger partial charge >= 0.3 is 5.97 Å². The molecule has 0 aliphatic carbocycles. The van der Waals surface area contributed by atoms with Crippen LogP contribution in [0.1, 0.15) is 11.8 Å². The molecule has 0 unspecified atom stereocenters. The fraction of sp³-hybridized carbons (Fsp3) is 0.333. The molecule has 6 heteroatoms. The Labute approximate surface area is 99.4 Å². The van der Waals surface area contributed by atoms with Crippen molar-refractivity contribution >= 4 is 39.1 Å². The van der Waals surface area contributed by atoms with Crippen LogP contribution in [0.4, 0.5) is 0 Å². The average molecular weight is 292 g/mol. The van der Waals surface area contributed by atoms with Crippen LogP contribution in [-0.4, -0.2) is 23.0 Å². The Morgan fingerprint density at radius 1 is 1.60 bits per heavy atom. The Hall–Kier alpha value is -0.880. The predicted octanol–water partition coefficient (Wildman–Crippen LogP) is 1.64. The summed E-state index contributed by atoms with van der Waals surface area (Å²) in [5, 5.41) is 11.0. The SMILES string of the molecule is C[C@@H](NC(=O)Cc1ccc(Br)s1)C(=O)O. The van der Waals surface area contributed by atoms with E-state index in [2.05, 4.69) is 21.2 Å². The molecule has 0 radical (unpaired) electrons. The van der Waals surface area contributed by atoms with Gasteiger partial charge < -0.3 is 10.4 Å². The van der Waals surface area contributed by atoms with Crippen molar-refractivity contribution in [2.45, 2.75) is 19.4 Å². The molecule has 1 heterocycles. The van der Waals surface area contributed by atoms with E-state index in [1.54, 1.807) is 0 Å². The summed E-state index contributed by atoms with van der Waals surface area (Å²) in [6, 6.07) is 2.84. The summed E-state index contributed by atoms with van der Waals surface area (Å²) >= 11 is 4.75. The normalized spacial score (nSPS) is 12.1. The Bertz CT molecular complexity index is 377. The highest BCUT2D eigenvalue weighted by Gasteiger charge is 2.14. The molecule has 1 aromatic heterocycles. The zero-order chi connectivity index (χ0) is 11.4. The average Bonchev–Trinajstić information content (AvgIpc) is 2.50. The van der Waals surface area contributed by atoms with E-state index >= 15 is 0 Å². The molecule has 0 bridgehead atoms. The lowest BCUT2D eigenvalue weighted by atomic mass is 10.3. The van der Waals surface area contributed by atoms with Gasteiger partial charge in [0.05, 0.1) is 10.2 Å². The Morgan fingerprint density at radius 2 is 2.27 bits per heavy atom. The lowest BCUT2D eigenvalue weighted by Gasteiger charge is -2.07. The summed E-state index contributed by atoms with van der Waals surface area (Å²) in [4.78, 5) is 22.7. The van der Waals surface area contributed by atoms with Gasteiger partial charge in [-0.15, -0.1) is 11.3 Å². The number of carbonyl (C=O) groups is 2. The molecule has 0 fully saturated rings. The van der Waals surface area contributed by atoms with Gasteiger partial charge in [0.15, 0.2) is 0 Å². The van der Waals surface area contributed by atoms with Crippen molar-refractivity contribution in [2.75, 3.05) is 0 Å². The molecule has 0 aliphatic rings. The smallest absolute Gasteiger partial charge is 0.325 e. The number of hydrogen-bond acceptors (Lipinski definition) is 3. The second-order valence-corrected chi connectivity index (χ2v) is 5.56. The number of rotatable bonds is 4. The predicted molar refractivity (Wildman–Crippen MR) is 61.0 cm³/mol. The van der Waals surface area contributed by atoms with Crippen molar-refractivity contribution in [3.8, 4) is 0 Å². The highest BCUT2D eigenvalue weighted by Crippen LogP contribution is 2.22. The molecule has 0 aliphatic heterocycles. The third kappa shape index (κ3) is 4.01. The molecule has 0 spiro atoms. The van der Waals surface area contributed by atoms with Gasteiger partial charge in [-0.25, -0.2) is 0 Å². The molecule has 1 atom stereocenters. The van der Waals surface area contributed by atoms with Crippen LogP contribution in [0.3, 0.4) is 0 Å². The minimum atomic E-state index is -1.03. The van der Waals surface area contributed by atoms with E-state index < -0.39 is 12.0 Å². The van der Waals surface area contributed by atoms with Gasteiger partial charge in [-0.2, -0.15) is 0 Å². The summed E-state index contributed by atoms with van der Waals surface area (Å²) in [7, 11) is 0. The number of halogens is 1. The zero-order valence-electron chi connectivity index (χ0n) is 7.99. The molecule has 0 saturated heterocycles. The van der Waals surface area contributed by atoms with Crippen molar-refractivity contribution in [3.05, 3.63) is 20.8 Å². The maximum absolute atomic E-state index is 11.4. The summed E-state index contributed by atoms with van der Waals surface area (Å²) in [6.45, 7) is 1.44. The molecule has 4 nitrogen and oxygen atoms in total. The number of aliphatic carboxylic acids is 1. The number of carbonyl (C=O) groups excluding carboxylic acids is 1. The number of hydrogen-bond donors (Lipinski definition) is 2. The van der Waals surface area contributed by atoms with Crippen molar-refractivity contribution in [1.29, 1.82) is 0 Å². The Morgan fingerprint density at radius 3 is 2.73 bits per heavy atom. The maximum atomic E-state index is 11.4. The second kappa shape index (κ2) is 5.27. The van der Waals surface area contributed by atoms with Gasteiger partial charge in [0.1, 0.15) is 6.04 Å². The molecule has 2 N–H and O–H groups in total. The molecule has 82 valence electrons. The first-order valence-corrected chi connectivity index (χ1v) is 5.86. The van der Waals surface area contributed by atoms with Crippen LogP contribution < -0.4 is 5.32 Å². The largest absolute Gasteiger partial charge is 0.480 e. The minimum absolute atomic E-state index is 0.216. The van der Waals surface area contributed by atoms with Crippen LogP contribution >= 0.6 is 27.3 Å². The molecule has 1 aromatic rings. The lowest BCUT2D eigenvalue weighted by Crippen LogP contribution is -2.39. The molecule has 1 rings (SSSR count). The summed E-state index contributed by atoms with van der Waals surface area (Å²) in [6.07, 6.45) is 0.216. The first-order chi connectivity index (χ1) is 6.99. The number of nitrogens with one attached hydrogen (secondary N) is 1. The van der Waals surface area contributed by atoms with Crippen LogP contribution in [0.5, 0.6) is 0 Å². The van der Waals surface area contributed by atoms with Gasteiger partial charge in [-0.05, 0) is 35.0 Å². The van der Waals surface area contributed by atoms with Gasteiger partial charge in [0.25, 0.3) is 0 Å². The van der Waals surface area contributed by atoms with E-state index in [1.165, 1.54) is 18.3 Å². The van der Waals surface area contributed by atoms with Gasteiger partial charge in [-0.1, -0.05) is 0 Å². The molecule has 0 saturated carbocycles. The number of amides is 1. The summed E-state index contributed by atoms with van der Waals surface area (Å²) in [5.74, 6) is -1.31. The van der Waals surface area contributed by atoms with Crippen molar-refractivity contribution in [1.82, 2.24) is 5.32 Å². The molecule has 15 heavy (non-hydrogen) atoms. The number of carboxylic acid groups (broad SMARTS) is 1. The molecular weight excluding hydrogens is 282 g/mol. The first kappa shape index (κ1) is 12.2. The topological polar surface area (TPSA) is 66.4 Å². The minimum Gasteiger partial charge on any atom is -0.480 e.